The van der Waals surface area contributed by atoms with Crippen molar-refractivity contribution in [2.75, 3.05) is 19.8 Å². The van der Waals surface area contributed by atoms with Crippen molar-refractivity contribution in [3.8, 4) is 11.5 Å². The van der Waals surface area contributed by atoms with E-state index in [0.29, 0.717) is 30.4 Å². The highest BCUT2D eigenvalue weighted by Crippen LogP contribution is 2.26. The van der Waals surface area contributed by atoms with Gasteiger partial charge >= 0.3 is 0 Å². The smallest absolute Gasteiger partial charge is 0.255 e. The number of ether oxygens (including phenoxy) is 2. The van der Waals surface area contributed by atoms with E-state index in [2.05, 4.69) is 11.4 Å². The van der Waals surface area contributed by atoms with Gasteiger partial charge < -0.3 is 20.5 Å². The number of carbonyl (C=O) groups is 2. The van der Waals surface area contributed by atoms with E-state index in [1.807, 2.05) is 18.2 Å². The summed E-state index contributed by atoms with van der Waals surface area (Å²) in [5, 5.41) is 2.98. The number of nitrogens with two attached hydrogens (primary N) is 1. The molecule has 3 N–H and O–H groups in total. The van der Waals surface area contributed by atoms with Crippen LogP contribution in [0.3, 0.4) is 0 Å². The molecule has 3 rings (SSSR count). The molecular weight excluding hydrogens is 332 g/mol. The third-order valence-electron chi connectivity index (χ3n) is 4.29. The maximum absolute atomic E-state index is 12.4. The normalized spacial score (nSPS) is 15.9. The fraction of sp³-hybridized carbons (Fsp3) is 0.300. The quantitative estimate of drug-likeness (QED) is 0.829. The van der Waals surface area contributed by atoms with Crippen molar-refractivity contribution in [3.63, 3.8) is 0 Å². The van der Waals surface area contributed by atoms with Crippen molar-refractivity contribution in [1.29, 1.82) is 0 Å². The average molecular weight is 354 g/mol. The van der Waals surface area contributed by atoms with Crippen LogP contribution >= 0.6 is 0 Å². The summed E-state index contributed by atoms with van der Waals surface area (Å²) >= 11 is 0. The SMILES string of the molecule is NC(=O)COc1cccc(C(=O)NC[C@H]2CCOc3ccccc3C2)c1. The Kier molecular flexibility index (Phi) is 5.73. The molecule has 2 aromatic carbocycles. The summed E-state index contributed by atoms with van der Waals surface area (Å²) in [6.45, 7) is 1.00. The number of carbonyl (C=O) groups excluding carboxylic acids is 2. The van der Waals surface area contributed by atoms with Gasteiger partial charge in [-0.2, -0.15) is 0 Å². The maximum Gasteiger partial charge on any atom is 0.255 e. The highest BCUT2D eigenvalue weighted by Gasteiger charge is 2.18. The first kappa shape index (κ1) is 17.8. The number of hydrogen-bond donors (Lipinski definition) is 2. The van der Waals surface area contributed by atoms with Crippen LogP contribution in [0.15, 0.2) is 48.5 Å². The molecule has 2 aromatic rings. The van der Waals surface area contributed by atoms with Crippen molar-refractivity contribution >= 4 is 11.8 Å². The number of amides is 2. The van der Waals surface area contributed by atoms with Crippen LogP contribution in [0.5, 0.6) is 11.5 Å². The summed E-state index contributed by atoms with van der Waals surface area (Å²) < 4.78 is 11.0. The summed E-state index contributed by atoms with van der Waals surface area (Å²) in [4.78, 5) is 23.2. The number of nitrogens with one attached hydrogen (secondary N) is 1. The van der Waals surface area contributed by atoms with E-state index >= 15 is 0 Å². The molecule has 0 fully saturated rings. The predicted molar refractivity (Wildman–Crippen MR) is 97.2 cm³/mol. The Labute approximate surface area is 152 Å². The van der Waals surface area contributed by atoms with E-state index in [9.17, 15) is 9.59 Å². The van der Waals surface area contributed by atoms with Gasteiger partial charge in [0.1, 0.15) is 11.5 Å². The molecule has 0 unspecified atom stereocenters. The van der Waals surface area contributed by atoms with Crippen molar-refractivity contribution < 1.29 is 19.1 Å². The molecule has 1 atom stereocenters. The van der Waals surface area contributed by atoms with Gasteiger partial charge in [-0.15, -0.1) is 0 Å². The van der Waals surface area contributed by atoms with Crippen LogP contribution < -0.4 is 20.5 Å². The standard InChI is InChI=1S/C20H22N2O4/c21-19(23)13-26-17-6-3-5-16(11-17)20(24)22-12-14-8-9-25-18-7-2-1-4-15(18)10-14/h1-7,11,14H,8-10,12-13H2,(H2,21,23)(H,22,24)/t14-/m0/s1. The Hall–Kier alpha value is -3.02. The van der Waals surface area contributed by atoms with E-state index in [-0.39, 0.29) is 12.5 Å². The minimum atomic E-state index is -0.560. The Morgan fingerprint density at radius 1 is 1.19 bits per heavy atom. The van der Waals surface area contributed by atoms with E-state index < -0.39 is 5.91 Å². The van der Waals surface area contributed by atoms with Gasteiger partial charge in [0.2, 0.25) is 0 Å². The Balaban J connectivity index is 1.57. The maximum atomic E-state index is 12.4. The lowest BCUT2D eigenvalue weighted by Gasteiger charge is -2.15. The van der Waals surface area contributed by atoms with Crippen LogP contribution in [0.25, 0.3) is 0 Å². The molecule has 2 amide bonds. The number of rotatable bonds is 6. The molecule has 0 aromatic heterocycles. The summed E-state index contributed by atoms with van der Waals surface area (Å²) in [5.74, 6) is 0.953. The van der Waals surface area contributed by atoms with Crippen LogP contribution in [-0.2, 0) is 11.2 Å². The number of hydrogen-bond acceptors (Lipinski definition) is 4. The van der Waals surface area contributed by atoms with Gasteiger partial charge in [-0.05, 0) is 48.6 Å². The van der Waals surface area contributed by atoms with Crippen molar-refractivity contribution in [1.82, 2.24) is 5.32 Å². The van der Waals surface area contributed by atoms with Gasteiger partial charge in [-0.25, -0.2) is 0 Å². The molecule has 0 radical (unpaired) electrons. The van der Waals surface area contributed by atoms with Gasteiger partial charge in [0.05, 0.1) is 6.61 Å². The lowest BCUT2D eigenvalue weighted by Crippen LogP contribution is -2.30. The lowest BCUT2D eigenvalue weighted by molar-refractivity contribution is -0.119. The topological polar surface area (TPSA) is 90.7 Å². The molecular formula is C20H22N2O4. The van der Waals surface area contributed by atoms with Gasteiger partial charge in [0.15, 0.2) is 6.61 Å². The molecule has 1 heterocycles. The third-order valence-corrected chi connectivity index (χ3v) is 4.29. The summed E-state index contributed by atoms with van der Waals surface area (Å²) in [6.07, 6.45) is 1.76. The fourth-order valence-corrected chi connectivity index (χ4v) is 2.96. The van der Waals surface area contributed by atoms with Gasteiger partial charge in [0.25, 0.3) is 11.8 Å². The van der Waals surface area contributed by atoms with E-state index in [4.69, 9.17) is 15.2 Å². The van der Waals surface area contributed by atoms with Gasteiger partial charge in [0, 0.05) is 12.1 Å². The average Bonchev–Trinajstić information content (AvgIpc) is 2.86. The lowest BCUT2D eigenvalue weighted by atomic mass is 9.97. The second-order valence-corrected chi connectivity index (χ2v) is 6.31. The molecule has 6 heteroatoms. The molecule has 0 spiro atoms. The van der Waals surface area contributed by atoms with E-state index in [1.165, 1.54) is 5.56 Å². The molecule has 0 bridgehead atoms. The highest BCUT2D eigenvalue weighted by molar-refractivity contribution is 5.94. The van der Waals surface area contributed by atoms with Crippen LogP contribution in [0.1, 0.15) is 22.3 Å². The second-order valence-electron chi connectivity index (χ2n) is 6.31. The van der Waals surface area contributed by atoms with Crippen molar-refractivity contribution in [2.24, 2.45) is 11.7 Å². The molecule has 6 nitrogen and oxygen atoms in total. The van der Waals surface area contributed by atoms with Crippen LogP contribution in [0.4, 0.5) is 0 Å². The minimum absolute atomic E-state index is 0.173. The monoisotopic (exact) mass is 354 g/mol. The number of fused-ring (bicyclic) bond motifs is 1. The minimum Gasteiger partial charge on any atom is -0.493 e. The first-order valence-electron chi connectivity index (χ1n) is 8.62. The van der Waals surface area contributed by atoms with Crippen molar-refractivity contribution in [3.05, 3.63) is 59.7 Å². The summed E-state index contributed by atoms with van der Waals surface area (Å²) in [6, 6.07) is 14.7. The number of para-hydroxylation sites is 1. The zero-order chi connectivity index (χ0) is 18.4. The molecule has 26 heavy (non-hydrogen) atoms. The van der Waals surface area contributed by atoms with Crippen LogP contribution in [0.2, 0.25) is 0 Å². The number of benzene rings is 2. The summed E-state index contributed by atoms with van der Waals surface area (Å²) in [5.41, 5.74) is 6.72. The Morgan fingerprint density at radius 2 is 2.04 bits per heavy atom. The van der Waals surface area contributed by atoms with Gasteiger partial charge in [-0.3, -0.25) is 9.59 Å². The largest absolute Gasteiger partial charge is 0.493 e. The second kappa shape index (κ2) is 8.38. The molecule has 0 saturated heterocycles. The fourth-order valence-electron chi connectivity index (χ4n) is 2.96. The summed E-state index contributed by atoms with van der Waals surface area (Å²) in [7, 11) is 0. The van der Waals surface area contributed by atoms with Crippen LogP contribution in [-0.4, -0.2) is 31.6 Å². The highest BCUT2D eigenvalue weighted by atomic mass is 16.5. The molecule has 0 saturated carbocycles. The van der Waals surface area contributed by atoms with Crippen molar-refractivity contribution in [2.45, 2.75) is 12.8 Å². The Bertz CT molecular complexity index is 791. The zero-order valence-electron chi connectivity index (χ0n) is 14.4. The predicted octanol–water partition coefficient (Wildman–Crippen LogP) is 1.92. The molecule has 1 aliphatic rings. The van der Waals surface area contributed by atoms with Gasteiger partial charge in [-0.1, -0.05) is 24.3 Å². The van der Waals surface area contributed by atoms with E-state index in [1.54, 1.807) is 24.3 Å². The third kappa shape index (κ3) is 4.75. The molecule has 0 aliphatic carbocycles. The zero-order valence-corrected chi connectivity index (χ0v) is 14.4. The Morgan fingerprint density at radius 3 is 2.88 bits per heavy atom. The van der Waals surface area contributed by atoms with E-state index in [0.717, 1.165) is 18.6 Å². The molecule has 136 valence electrons. The number of primary amides is 1. The van der Waals surface area contributed by atoms with Crippen LogP contribution in [0, 0.1) is 5.92 Å². The first-order chi connectivity index (χ1) is 12.6. The molecule has 1 aliphatic heterocycles. The first-order valence-corrected chi connectivity index (χ1v) is 8.62.